The highest BCUT2D eigenvalue weighted by molar-refractivity contribution is 6.06. The lowest BCUT2D eigenvalue weighted by atomic mass is 10.1. The van der Waals surface area contributed by atoms with E-state index in [1.54, 1.807) is 24.3 Å². The zero-order valence-corrected chi connectivity index (χ0v) is 8.45. The van der Waals surface area contributed by atoms with Gasteiger partial charge < -0.3 is 16.5 Å². The van der Waals surface area contributed by atoms with Crippen molar-refractivity contribution in [1.29, 1.82) is 5.41 Å². The Bertz CT molecular complexity index is 393. The van der Waals surface area contributed by atoms with Crippen molar-refractivity contribution in [2.45, 2.75) is 6.92 Å². The maximum atomic E-state index is 10.8. The Hall–Kier alpha value is -2.10. The molecule has 0 aliphatic rings. The summed E-state index contributed by atoms with van der Waals surface area (Å²) in [6, 6.07) is 7.01. The minimum atomic E-state index is -0.111. The summed E-state index contributed by atoms with van der Waals surface area (Å²) in [5.41, 5.74) is 7.00. The van der Waals surface area contributed by atoms with Crippen molar-refractivity contribution >= 4 is 17.3 Å². The average molecular weight is 203 g/mol. The van der Waals surface area contributed by atoms with Crippen molar-refractivity contribution in [3.63, 3.8) is 0 Å². The maximum Gasteiger partial charge on any atom is 0.221 e. The molecule has 15 heavy (non-hydrogen) atoms. The van der Waals surface area contributed by atoms with Gasteiger partial charge in [-0.05, 0) is 30.0 Å². The predicted octanol–water partition coefficient (Wildman–Crippen LogP) is 1.49. The van der Waals surface area contributed by atoms with Gasteiger partial charge in [0.05, 0.1) is 5.71 Å². The van der Waals surface area contributed by atoms with Crippen LogP contribution in [0.3, 0.4) is 0 Å². The largest absolute Gasteiger partial charge is 0.405 e. The molecule has 0 saturated carbocycles. The van der Waals surface area contributed by atoms with Gasteiger partial charge >= 0.3 is 0 Å². The highest BCUT2D eigenvalue weighted by atomic mass is 16.1. The molecular formula is C11H13N3O. The van der Waals surface area contributed by atoms with Gasteiger partial charge in [0.1, 0.15) is 0 Å². The van der Waals surface area contributed by atoms with Crippen LogP contribution in [0.15, 0.2) is 36.5 Å². The van der Waals surface area contributed by atoms with Gasteiger partial charge in [-0.2, -0.15) is 0 Å². The van der Waals surface area contributed by atoms with E-state index in [4.69, 9.17) is 11.1 Å². The molecule has 0 aliphatic heterocycles. The first-order valence-corrected chi connectivity index (χ1v) is 4.48. The first-order chi connectivity index (χ1) is 7.13. The normalized spacial score (nSPS) is 10.2. The zero-order valence-electron chi connectivity index (χ0n) is 8.45. The van der Waals surface area contributed by atoms with Crippen molar-refractivity contribution in [3.05, 3.63) is 42.1 Å². The van der Waals surface area contributed by atoms with Crippen molar-refractivity contribution in [3.8, 4) is 0 Å². The highest BCUT2D eigenvalue weighted by Gasteiger charge is 1.98. The molecule has 1 amide bonds. The van der Waals surface area contributed by atoms with Crippen LogP contribution in [0, 0.1) is 5.41 Å². The summed E-state index contributed by atoms with van der Waals surface area (Å²) in [5, 5.41) is 10.2. The molecule has 0 saturated heterocycles. The van der Waals surface area contributed by atoms with E-state index >= 15 is 0 Å². The first-order valence-electron chi connectivity index (χ1n) is 4.48. The summed E-state index contributed by atoms with van der Waals surface area (Å²) in [6.45, 7) is 1.45. The number of rotatable bonds is 3. The molecule has 78 valence electrons. The van der Waals surface area contributed by atoms with E-state index in [0.717, 1.165) is 11.3 Å². The van der Waals surface area contributed by atoms with Crippen LogP contribution in [0.1, 0.15) is 12.5 Å². The standard InChI is InChI=1S/C11H13N3O/c1-8(15)14-10-4-2-9(3-5-10)11(13)6-7-12/h2-7,13H,12H2,1H3,(H,14,15)/b7-6-,13-11?. The summed E-state index contributed by atoms with van der Waals surface area (Å²) in [5.74, 6) is -0.111. The second kappa shape index (κ2) is 4.95. The molecule has 1 aromatic carbocycles. The second-order valence-electron chi connectivity index (χ2n) is 3.03. The number of nitrogens with one attached hydrogen (secondary N) is 2. The summed E-state index contributed by atoms with van der Waals surface area (Å²) in [4.78, 5) is 10.8. The van der Waals surface area contributed by atoms with Crippen LogP contribution < -0.4 is 11.1 Å². The molecule has 0 bridgehead atoms. The lowest BCUT2D eigenvalue weighted by Crippen LogP contribution is -2.05. The van der Waals surface area contributed by atoms with E-state index in [0.29, 0.717) is 5.71 Å². The molecule has 0 unspecified atom stereocenters. The number of carbonyl (C=O) groups excluding carboxylic acids is 1. The number of benzene rings is 1. The monoisotopic (exact) mass is 203 g/mol. The van der Waals surface area contributed by atoms with Crippen molar-refractivity contribution in [2.24, 2.45) is 5.73 Å². The fourth-order valence-electron chi connectivity index (χ4n) is 1.13. The smallest absolute Gasteiger partial charge is 0.221 e. The molecule has 4 heteroatoms. The Balaban J connectivity index is 2.80. The van der Waals surface area contributed by atoms with Crippen LogP contribution in [-0.2, 0) is 4.79 Å². The molecule has 4 nitrogen and oxygen atoms in total. The molecule has 4 N–H and O–H groups in total. The van der Waals surface area contributed by atoms with Crippen molar-refractivity contribution in [2.75, 3.05) is 5.32 Å². The molecule has 0 spiro atoms. The van der Waals surface area contributed by atoms with Crippen LogP contribution in [0.2, 0.25) is 0 Å². The number of allylic oxidation sites excluding steroid dienone is 1. The van der Waals surface area contributed by atoms with Crippen LogP contribution in [0.4, 0.5) is 5.69 Å². The molecule has 0 heterocycles. The number of nitrogens with two attached hydrogens (primary N) is 1. The lowest BCUT2D eigenvalue weighted by molar-refractivity contribution is -0.114. The SMILES string of the molecule is CC(=O)Nc1ccc(C(=N)/C=C\N)cc1. The van der Waals surface area contributed by atoms with E-state index in [2.05, 4.69) is 5.32 Å². The van der Waals surface area contributed by atoms with Crippen LogP contribution in [0.25, 0.3) is 0 Å². The van der Waals surface area contributed by atoms with Gasteiger partial charge in [0.2, 0.25) is 5.91 Å². The highest BCUT2D eigenvalue weighted by Crippen LogP contribution is 2.10. The van der Waals surface area contributed by atoms with Gasteiger partial charge in [-0.1, -0.05) is 12.1 Å². The van der Waals surface area contributed by atoms with Crippen LogP contribution >= 0.6 is 0 Å². The third-order valence-corrected chi connectivity index (χ3v) is 1.78. The van der Waals surface area contributed by atoms with E-state index in [1.807, 2.05) is 0 Å². The maximum absolute atomic E-state index is 10.8. The van der Waals surface area contributed by atoms with Crippen molar-refractivity contribution in [1.82, 2.24) is 0 Å². The second-order valence-corrected chi connectivity index (χ2v) is 3.03. The molecule has 0 aliphatic carbocycles. The Labute approximate surface area is 88.3 Å². The topological polar surface area (TPSA) is 79.0 Å². The van der Waals surface area contributed by atoms with Crippen LogP contribution in [-0.4, -0.2) is 11.6 Å². The fraction of sp³-hybridized carbons (Fsp3) is 0.0909. The summed E-state index contributed by atoms with van der Waals surface area (Å²) in [7, 11) is 0. The molecule has 0 radical (unpaired) electrons. The number of anilines is 1. The predicted molar refractivity (Wildman–Crippen MR) is 60.9 cm³/mol. The minimum absolute atomic E-state index is 0.111. The Morgan fingerprint density at radius 3 is 2.47 bits per heavy atom. The Kier molecular flexibility index (Phi) is 3.62. The average Bonchev–Trinajstić information content (AvgIpc) is 2.18. The molecule has 0 atom stereocenters. The fourth-order valence-corrected chi connectivity index (χ4v) is 1.13. The quantitative estimate of drug-likeness (QED) is 0.650. The van der Waals surface area contributed by atoms with Crippen LogP contribution in [0.5, 0.6) is 0 Å². The van der Waals surface area contributed by atoms with Crippen molar-refractivity contribution < 1.29 is 4.79 Å². The van der Waals surface area contributed by atoms with E-state index < -0.39 is 0 Å². The van der Waals surface area contributed by atoms with Gasteiger partial charge in [0.15, 0.2) is 0 Å². The third kappa shape index (κ3) is 3.27. The molecule has 0 fully saturated rings. The summed E-state index contributed by atoms with van der Waals surface area (Å²) < 4.78 is 0. The zero-order chi connectivity index (χ0) is 11.3. The summed E-state index contributed by atoms with van der Waals surface area (Å²) in [6.07, 6.45) is 2.83. The summed E-state index contributed by atoms with van der Waals surface area (Å²) >= 11 is 0. The van der Waals surface area contributed by atoms with Gasteiger partial charge in [0, 0.05) is 12.6 Å². The molecule has 0 aromatic heterocycles. The first kappa shape index (κ1) is 11.0. The number of hydrogen-bond donors (Lipinski definition) is 3. The molecular weight excluding hydrogens is 190 g/mol. The Morgan fingerprint density at radius 2 is 2.00 bits per heavy atom. The number of carbonyl (C=O) groups is 1. The van der Waals surface area contributed by atoms with E-state index in [1.165, 1.54) is 19.2 Å². The number of hydrogen-bond acceptors (Lipinski definition) is 3. The van der Waals surface area contributed by atoms with Gasteiger partial charge in [0.25, 0.3) is 0 Å². The lowest BCUT2D eigenvalue weighted by Gasteiger charge is -2.03. The van der Waals surface area contributed by atoms with Gasteiger partial charge in [-0.15, -0.1) is 0 Å². The third-order valence-electron chi connectivity index (χ3n) is 1.78. The molecule has 1 aromatic rings. The minimum Gasteiger partial charge on any atom is -0.405 e. The molecule has 1 rings (SSSR count). The number of amides is 1. The van der Waals surface area contributed by atoms with Gasteiger partial charge in [-0.3, -0.25) is 4.79 Å². The van der Waals surface area contributed by atoms with E-state index in [-0.39, 0.29) is 5.91 Å². The Morgan fingerprint density at radius 1 is 1.40 bits per heavy atom. The van der Waals surface area contributed by atoms with E-state index in [9.17, 15) is 4.79 Å². The van der Waals surface area contributed by atoms with Gasteiger partial charge in [-0.25, -0.2) is 0 Å².